The smallest absolute Gasteiger partial charge is 0.338 e. The van der Waals surface area contributed by atoms with Crippen LogP contribution in [0, 0.1) is 6.92 Å². The van der Waals surface area contributed by atoms with Gasteiger partial charge in [-0.3, -0.25) is 14.4 Å². The van der Waals surface area contributed by atoms with E-state index < -0.39 is 17.8 Å². The number of nitrogens with one attached hydrogen (secondary N) is 1. The third-order valence-electron chi connectivity index (χ3n) is 6.37. The Labute approximate surface area is 238 Å². The minimum Gasteiger partial charge on any atom is -0.462 e. The molecule has 0 saturated carbocycles. The van der Waals surface area contributed by atoms with Crippen molar-refractivity contribution in [1.29, 1.82) is 0 Å². The summed E-state index contributed by atoms with van der Waals surface area (Å²) in [5.41, 5.74) is 3.12. The molecule has 3 aromatic carbocycles. The minimum atomic E-state index is -0.714. The van der Waals surface area contributed by atoms with Crippen LogP contribution < -0.4 is 15.1 Å². The number of rotatable bonds is 10. The second-order valence-electron chi connectivity index (χ2n) is 9.27. The normalized spacial score (nSPS) is 13.1. The largest absolute Gasteiger partial charge is 0.462 e. The molecule has 3 aromatic rings. The van der Waals surface area contributed by atoms with E-state index in [2.05, 4.69) is 5.32 Å². The molecule has 3 amide bonds. The van der Waals surface area contributed by atoms with Crippen molar-refractivity contribution in [2.45, 2.75) is 33.6 Å². The predicted molar refractivity (Wildman–Crippen MR) is 156 cm³/mol. The number of unbranched alkanes of at least 4 members (excludes halogenated alkanes) is 1. The van der Waals surface area contributed by atoms with E-state index in [1.54, 1.807) is 47.4 Å². The van der Waals surface area contributed by atoms with Gasteiger partial charge in [-0.2, -0.15) is 0 Å². The first-order chi connectivity index (χ1) is 19.2. The van der Waals surface area contributed by atoms with Crippen LogP contribution in [0.2, 0.25) is 0 Å². The molecule has 1 aliphatic heterocycles. The summed E-state index contributed by atoms with van der Waals surface area (Å²) in [6.07, 6.45) is 1.62. The molecule has 0 spiro atoms. The van der Waals surface area contributed by atoms with Crippen LogP contribution >= 0.6 is 11.6 Å². The van der Waals surface area contributed by atoms with E-state index in [4.69, 9.17) is 16.3 Å². The van der Waals surface area contributed by atoms with E-state index in [0.29, 0.717) is 17.8 Å². The molecule has 0 fully saturated rings. The van der Waals surface area contributed by atoms with Crippen LogP contribution in [-0.2, 0) is 14.3 Å². The van der Waals surface area contributed by atoms with Crippen molar-refractivity contribution in [3.8, 4) is 0 Å². The SMILES string of the molecule is CCCCOC(=O)c1cccc(N2C(=O)C(Cl)=C(Nc3ccc(C(=O)N(CC)c4cccc(C)c4)cc3)C2=O)c1. The molecule has 0 aliphatic carbocycles. The average molecular weight is 560 g/mol. The van der Waals surface area contributed by atoms with E-state index in [1.807, 2.05) is 45.0 Å². The number of anilines is 3. The topological polar surface area (TPSA) is 96.0 Å². The van der Waals surface area contributed by atoms with Crippen molar-refractivity contribution in [1.82, 2.24) is 0 Å². The summed E-state index contributed by atoms with van der Waals surface area (Å²) in [6, 6.07) is 20.4. The van der Waals surface area contributed by atoms with Gasteiger partial charge in [-0.05, 0) is 80.4 Å². The lowest BCUT2D eigenvalue weighted by molar-refractivity contribution is -0.120. The zero-order valence-electron chi connectivity index (χ0n) is 22.6. The maximum absolute atomic E-state index is 13.2. The highest BCUT2D eigenvalue weighted by molar-refractivity contribution is 6.53. The molecule has 9 heteroatoms. The van der Waals surface area contributed by atoms with Gasteiger partial charge in [0.25, 0.3) is 17.7 Å². The monoisotopic (exact) mass is 559 g/mol. The molecule has 8 nitrogen and oxygen atoms in total. The zero-order chi connectivity index (χ0) is 28.8. The number of aryl methyl sites for hydroxylation is 1. The van der Waals surface area contributed by atoms with Gasteiger partial charge < -0.3 is 15.0 Å². The Morgan fingerprint density at radius 2 is 1.65 bits per heavy atom. The fourth-order valence-corrected chi connectivity index (χ4v) is 4.46. The fourth-order valence-electron chi connectivity index (χ4n) is 4.25. The first kappa shape index (κ1) is 28.6. The van der Waals surface area contributed by atoms with Crippen LogP contribution in [-0.4, -0.2) is 36.8 Å². The number of imide groups is 1. The van der Waals surface area contributed by atoms with Crippen LogP contribution in [0.3, 0.4) is 0 Å². The highest BCUT2D eigenvalue weighted by atomic mass is 35.5. The van der Waals surface area contributed by atoms with Gasteiger partial charge in [-0.15, -0.1) is 0 Å². The lowest BCUT2D eigenvalue weighted by Gasteiger charge is -2.21. The second kappa shape index (κ2) is 12.6. The van der Waals surface area contributed by atoms with Crippen LogP contribution in [0.4, 0.5) is 17.1 Å². The summed E-state index contributed by atoms with van der Waals surface area (Å²) >= 11 is 6.28. The van der Waals surface area contributed by atoms with E-state index in [9.17, 15) is 19.2 Å². The van der Waals surface area contributed by atoms with Gasteiger partial charge in [0, 0.05) is 23.5 Å². The molecule has 4 rings (SSSR count). The number of carbonyl (C=O) groups is 4. The van der Waals surface area contributed by atoms with Crippen LogP contribution in [0.25, 0.3) is 0 Å². The predicted octanol–water partition coefficient (Wildman–Crippen LogP) is 6.05. The fraction of sp³-hybridized carbons (Fsp3) is 0.226. The molecule has 0 saturated heterocycles. The number of ether oxygens (including phenoxy) is 1. The minimum absolute atomic E-state index is 0.100. The third kappa shape index (κ3) is 6.07. The molecule has 1 aliphatic rings. The Morgan fingerprint density at radius 1 is 0.925 bits per heavy atom. The van der Waals surface area contributed by atoms with E-state index >= 15 is 0 Å². The molecule has 40 heavy (non-hydrogen) atoms. The van der Waals surface area contributed by atoms with Crippen molar-refractivity contribution in [3.05, 3.63) is 100 Å². The molecule has 206 valence electrons. The summed E-state index contributed by atoms with van der Waals surface area (Å²) in [6.45, 7) is 6.65. The number of benzene rings is 3. The number of nitrogens with zero attached hydrogens (tertiary/aromatic N) is 2. The van der Waals surface area contributed by atoms with Crippen molar-refractivity contribution in [2.24, 2.45) is 0 Å². The Morgan fingerprint density at radius 3 is 2.33 bits per heavy atom. The summed E-state index contributed by atoms with van der Waals surface area (Å²) in [5, 5.41) is 2.63. The van der Waals surface area contributed by atoms with Crippen LogP contribution in [0.1, 0.15) is 53.0 Å². The summed E-state index contributed by atoms with van der Waals surface area (Å²) < 4.78 is 5.24. The molecule has 0 atom stereocenters. The molecule has 0 aromatic heterocycles. The number of halogens is 1. The Kier molecular flexibility index (Phi) is 9.01. The molecule has 0 unspecified atom stereocenters. The number of esters is 1. The number of hydrogen-bond donors (Lipinski definition) is 1. The number of carbonyl (C=O) groups excluding carboxylic acids is 4. The molecule has 0 bridgehead atoms. The summed E-state index contributed by atoms with van der Waals surface area (Å²) in [7, 11) is 0. The standard InChI is InChI=1S/C31H30ClN3O5/c1-4-6-17-40-31(39)22-10-8-12-25(19-22)35-29(37)26(32)27(30(35)38)33-23-15-13-21(14-16-23)28(36)34(5-2)24-11-7-9-20(3)18-24/h7-16,18-19,33H,4-6,17H2,1-3H3. The average Bonchev–Trinajstić information content (AvgIpc) is 3.16. The van der Waals surface area contributed by atoms with Crippen molar-refractivity contribution < 1.29 is 23.9 Å². The van der Waals surface area contributed by atoms with Gasteiger partial charge in [-0.1, -0.05) is 43.1 Å². The van der Waals surface area contributed by atoms with Crippen molar-refractivity contribution in [3.63, 3.8) is 0 Å². The van der Waals surface area contributed by atoms with E-state index in [1.165, 1.54) is 6.07 Å². The summed E-state index contributed by atoms with van der Waals surface area (Å²) in [5.74, 6) is -2.08. The lowest BCUT2D eigenvalue weighted by Crippen LogP contribution is -2.32. The van der Waals surface area contributed by atoms with Gasteiger partial charge in [0.15, 0.2) is 0 Å². The molecular weight excluding hydrogens is 530 g/mol. The van der Waals surface area contributed by atoms with Gasteiger partial charge >= 0.3 is 5.97 Å². The zero-order valence-corrected chi connectivity index (χ0v) is 23.3. The van der Waals surface area contributed by atoms with Crippen molar-refractivity contribution in [2.75, 3.05) is 28.3 Å². The first-order valence-corrected chi connectivity index (χ1v) is 13.4. The van der Waals surface area contributed by atoms with E-state index in [0.717, 1.165) is 29.0 Å². The second-order valence-corrected chi connectivity index (χ2v) is 9.64. The summed E-state index contributed by atoms with van der Waals surface area (Å²) in [4.78, 5) is 54.3. The molecular formula is C31H30ClN3O5. The van der Waals surface area contributed by atoms with Gasteiger partial charge in [0.1, 0.15) is 10.7 Å². The molecule has 0 radical (unpaired) electrons. The third-order valence-corrected chi connectivity index (χ3v) is 6.72. The molecule has 1 heterocycles. The van der Waals surface area contributed by atoms with Gasteiger partial charge in [0.05, 0.1) is 17.9 Å². The maximum Gasteiger partial charge on any atom is 0.338 e. The number of hydrogen-bond acceptors (Lipinski definition) is 6. The Balaban J connectivity index is 1.49. The van der Waals surface area contributed by atoms with E-state index in [-0.39, 0.29) is 34.5 Å². The van der Waals surface area contributed by atoms with Crippen LogP contribution in [0.15, 0.2) is 83.5 Å². The highest BCUT2D eigenvalue weighted by Gasteiger charge is 2.39. The van der Waals surface area contributed by atoms with Crippen LogP contribution in [0.5, 0.6) is 0 Å². The lowest BCUT2D eigenvalue weighted by atomic mass is 10.1. The van der Waals surface area contributed by atoms with Gasteiger partial charge in [0.2, 0.25) is 0 Å². The Bertz CT molecular complexity index is 1480. The highest BCUT2D eigenvalue weighted by Crippen LogP contribution is 2.31. The maximum atomic E-state index is 13.2. The van der Waals surface area contributed by atoms with Gasteiger partial charge in [-0.25, -0.2) is 9.69 Å². The quantitative estimate of drug-likeness (QED) is 0.184. The first-order valence-electron chi connectivity index (χ1n) is 13.1. The number of amides is 3. The Hall–Kier alpha value is -4.43. The van der Waals surface area contributed by atoms with Crippen molar-refractivity contribution >= 4 is 52.4 Å². The molecule has 1 N–H and O–H groups in total.